The Labute approximate surface area is 93.0 Å². The first kappa shape index (κ1) is 10.1. The molecule has 0 fully saturated rings. The van der Waals surface area contributed by atoms with E-state index in [1.165, 1.54) is 0 Å². The van der Waals surface area contributed by atoms with Gasteiger partial charge in [0.25, 0.3) is 0 Å². The quantitative estimate of drug-likeness (QED) is 0.746. The van der Waals surface area contributed by atoms with Crippen molar-refractivity contribution in [1.29, 1.82) is 0 Å². The molecular formula is C10H11ClN4. The average Bonchev–Trinajstić information content (AvgIpc) is 2.65. The zero-order valence-electron chi connectivity index (χ0n) is 8.39. The monoisotopic (exact) mass is 222 g/mol. The molecule has 0 amide bonds. The molecular weight excluding hydrogens is 212 g/mol. The van der Waals surface area contributed by atoms with Gasteiger partial charge in [-0.05, 0) is 24.6 Å². The summed E-state index contributed by atoms with van der Waals surface area (Å²) in [5.74, 6) is 0.993. The van der Waals surface area contributed by atoms with Gasteiger partial charge >= 0.3 is 0 Å². The highest BCUT2D eigenvalue weighted by Crippen LogP contribution is 2.07. The summed E-state index contributed by atoms with van der Waals surface area (Å²) in [6, 6.07) is 1.85. The van der Waals surface area contributed by atoms with E-state index in [4.69, 9.17) is 11.6 Å². The van der Waals surface area contributed by atoms with Gasteiger partial charge in [-0.2, -0.15) is 0 Å². The molecule has 2 aromatic heterocycles. The number of hydrogen-bond acceptors (Lipinski definition) is 3. The Balaban J connectivity index is 2.22. The maximum atomic E-state index is 5.71. The molecule has 0 atom stereocenters. The van der Waals surface area contributed by atoms with Gasteiger partial charge in [-0.3, -0.25) is 0 Å². The van der Waals surface area contributed by atoms with Gasteiger partial charge in [0.2, 0.25) is 5.28 Å². The van der Waals surface area contributed by atoms with E-state index in [1.54, 1.807) is 12.4 Å². The standard InChI is InChI=1S/C10H11ClN4/c1-2-15-6-5-12-9(15)7-8-3-4-13-10(11)14-8/h3-6H,2,7H2,1H3. The van der Waals surface area contributed by atoms with E-state index in [-0.39, 0.29) is 5.28 Å². The molecule has 2 rings (SSSR count). The molecule has 2 heterocycles. The first-order valence-corrected chi connectivity index (χ1v) is 5.15. The fourth-order valence-corrected chi connectivity index (χ4v) is 1.59. The number of nitrogens with zero attached hydrogens (tertiary/aromatic N) is 4. The van der Waals surface area contributed by atoms with Crippen LogP contribution in [0.4, 0.5) is 0 Å². The van der Waals surface area contributed by atoms with Gasteiger partial charge in [0.15, 0.2) is 0 Å². The lowest BCUT2D eigenvalue weighted by molar-refractivity contribution is 0.708. The van der Waals surface area contributed by atoms with E-state index in [0.29, 0.717) is 6.42 Å². The molecule has 0 unspecified atom stereocenters. The van der Waals surface area contributed by atoms with Crippen LogP contribution in [0.15, 0.2) is 24.7 Å². The van der Waals surface area contributed by atoms with Crippen molar-refractivity contribution in [3.8, 4) is 0 Å². The van der Waals surface area contributed by atoms with Crippen LogP contribution in [-0.2, 0) is 13.0 Å². The van der Waals surface area contributed by atoms with Crippen LogP contribution in [0.1, 0.15) is 18.4 Å². The minimum Gasteiger partial charge on any atom is -0.335 e. The summed E-state index contributed by atoms with van der Waals surface area (Å²) in [7, 11) is 0. The van der Waals surface area contributed by atoms with E-state index in [0.717, 1.165) is 18.1 Å². The van der Waals surface area contributed by atoms with Crippen molar-refractivity contribution in [1.82, 2.24) is 19.5 Å². The lowest BCUT2D eigenvalue weighted by Crippen LogP contribution is -2.03. The van der Waals surface area contributed by atoms with Crippen LogP contribution in [0, 0.1) is 0 Å². The summed E-state index contributed by atoms with van der Waals surface area (Å²) in [6.45, 7) is 2.99. The fourth-order valence-electron chi connectivity index (χ4n) is 1.43. The number of hydrogen-bond donors (Lipinski definition) is 0. The van der Waals surface area contributed by atoms with E-state index in [1.807, 2.05) is 12.3 Å². The summed E-state index contributed by atoms with van der Waals surface area (Å²) in [5, 5.41) is 0.280. The molecule has 15 heavy (non-hydrogen) atoms. The molecule has 0 N–H and O–H groups in total. The third-order valence-electron chi connectivity index (χ3n) is 2.17. The average molecular weight is 223 g/mol. The maximum absolute atomic E-state index is 5.71. The number of aryl methyl sites for hydroxylation is 1. The maximum Gasteiger partial charge on any atom is 0.222 e. The van der Waals surface area contributed by atoms with Gasteiger partial charge in [-0.1, -0.05) is 0 Å². The largest absolute Gasteiger partial charge is 0.335 e. The highest BCUT2D eigenvalue weighted by atomic mass is 35.5. The van der Waals surface area contributed by atoms with E-state index in [9.17, 15) is 0 Å². The van der Waals surface area contributed by atoms with Gasteiger partial charge in [-0.15, -0.1) is 0 Å². The molecule has 0 bridgehead atoms. The van der Waals surface area contributed by atoms with Gasteiger partial charge in [0.05, 0.1) is 5.69 Å². The number of aromatic nitrogens is 4. The number of halogens is 1. The molecule has 0 aromatic carbocycles. The number of rotatable bonds is 3. The Bertz CT molecular complexity index is 452. The van der Waals surface area contributed by atoms with Crippen molar-refractivity contribution in [2.45, 2.75) is 19.9 Å². The van der Waals surface area contributed by atoms with Crippen LogP contribution in [0.2, 0.25) is 5.28 Å². The molecule has 0 aliphatic heterocycles. The smallest absolute Gasteiger partial charge is 0.222 e. The molecule has 5 heteroatoms. The second-order valence-electron chi connectivity index (χ2n) is 3.12. The zero-order chi connectivity index (χ0) is 10.7. The molecule has 2 aromatic rings. The van der Waals surface area contributed by atoms with Crippen LogP contribution in [-0.4, -0.2) is 19.5 Å². The summed E-state index contributed by atoms with van der Waals surface area (Å²) in [6.07, 6.45) is 6.09. The SMILES string of the molecule is CCn1ccnc1Cc1ccnc(Cl)n1. The summed E-state index contributed by atoms with van der Waals surface area (Å²) in [4.78, 5) is 12.2. The van der Waals surface area contributed by atoms with Crippen molar-refractivity contribution in [2.24, 2.45) is 0 Å². The highest BCUT2D eigenvalue weighted by Gasteiger charge is 2.04. The van der Waals surface area contributed by atoms with Crippen molar-refractivity contribution in [3.05, 3.63) is 41.5 Å². The highest BCUT2D eigenvalue weighted by molar-refractivity contribution is 6.28. The molecule has 0 spiro atoms. The Hall–Kier alpha value is -1.42. The Morgan fingerprint density at radius 1 is 1.33 bits per heavy atom. The fraction of sp³-hybridized carbons (Fsp3) is 0.300. The Morgan fingerprint density at radius 3 is 2.93 bits per heavy atom. The minimum absolute atomic E-state index is 0.280. The van der Waals surface area contributed by atoms with Crippen LogP contribution in [0.25, 0.3) is 0 Å². The Morgan fingerprint density at radius 2 is 2.20 bits per heavy atom. The third-order valence-corrected chi connectivity index (χ3v) is 2.35. The predicted molar refractivity (Wildman–Crippen MR) is 57.7 cm³/mol. The molecule has 0 aliphatic carbocycles. The van der Waals surface area contributed by atoms with Gasteiger partial charge in [0, 0.05) is 31.6 Å². The lowest BCUT2D eigenvalue weighted by atomic mass is 10.3. The van der Waals surface area contributed by atoms with E-state index >= 15 is 0 Å². The second-order valence-corrected chi connectivity index (χ2v) is 3.46. The van der Waals surface area contributed by atoms with E-state index in [2.05, 4.69) is 26.4 Å². The van der Waals surface area contributed by atoms with Gasteiger partial charge < -0.3 is 4.57 Å². The molecule has 78 valence electrons. The molecule has 0 radical (unpaired) electrons. The predicted octanol–water partition coefficient (Wildman–Crippen LogP) is 1.94. The number of imidazole rings is 1. The van der Waals surface area contributed by atoms with Crippen LogP contribution >= 0.6 is 11.6 Å². The summed E-state index contributed by atoms with van der Waals surface area (Å²) in [5.41, 5.74) is 0.885. The molecule has 4 nitrogen and oxygen atoms in total. The first-order chi connectivity index (χ1) is 7.29. The van der Waals surface area contributed by atoms with Crippen LogP contribution in [0.5, 0.6) is 0 Å². The van der Waals surface area contributed by atoms with Crippen molar-refractivity contribution in [3.63, 3.8) is 0 Å². The summed E-state index contributed by atoms with van der Waals surface area (Å²) < 4.78 is 2.08. The van der Waals surface area contributed by atoms with Crippen LogP contribution in [0.3, 0.4) is 0 Å². The lowest BCUT2D eigenvalue weighted by Gasteiger charge is -2.03. The van der Waals surface area contributed by atoms with E-state index < -0.39 is 0 Å². The van der Waals surface area contributed by atoms with Crippen molar-refractivity contribution < 1.29 is 0 Å². The first-order valence-electron chi connectivity index (χ1n) is 4.77. The summed E-state index contributed by atoms with van der Waals surface area (Å²) >= 11 is 5.71. The van der Waals surface area contributed by atoms with Crippen LogP contribution < -0.4 is 0 Å². The Kier molecular flexibility index (Phi) is 2.97. The third kappa shape index (κ3) is 2.33. The normalized spacial score (nSPS) is 10.5. The zero-order valence-corrected chi connectivity index (χ0v) is 9.15. The molecule has 0 saturated heterocycles. The minimum atomic E-state index is 0.280. The van der Waals surface area contributed by atoms with Gasteiger partial charge in [0.1, 0.15) is 5.82 Å². The topological polar surface area (TPSA) is 43.6 Å². The molecule has 0 aliphatic rings. The second kappa shape index (κ2) is 4.40. The van der Waals surface area contributed by atoms with Crippen molar-refractivity contribution >= 4 is 11.6 Å². The van der Waals surface area contributed by atoms with Gasteiger partial charge in [-0.25, -0.2) is 15.0 Å². The molecule has 0 saturated carbocycles. The van der Waals surface area contributed by atoms with Crippen molar-refractivity contribution in [2.75, 3.05) is 0 Å².